The average molecular weight is 284 g/mol. The van der Waals surface area contributed by atoms with Crippen molar-refractivity contribution in [3.63, 3.8) is 0 Å². The highest BCUT2D eigenvalue weighted by molar-refractivity contribution is 5.20. The van der Waals surface area contributed by atoms with Gasteiger partial charge in [-0.2, -0.15) is 0 Å². The van der Waals surface area contributed by atoms with Gasteiger partial charge in [-0.15, -0.1) is 0 Å². The monoisotopic (exact) mass is 284 g/mol. The second-order valence-electron chi connectivity index (χ2n) is 4.68. The zero-order valence-corrected chi connectivity index (χ0v) is 12.3. The molecule has 0 heterocycles. The summed E-state index contributed by atoms with van der Waals surface area (Å²) in [5.74, 6) is -0.229. The van der Waals surface area contributed by atoms with Gasteiger partial charge in [0.1, 0.15) is 5.82 Å². The molecule has 0 saturated carbocycles. The van der Waals surface area contributed by atoms with Crippen LogP contribution in [0.15, 0.2) is 24.3 Å². The van der Waals surface area contributed by atoms with Gasteiger partial charge in [0.2, 0.25) is 0 Å². The van der Waals surface area contributed by atoms with E-state index in [1.165, 1.54) is 12.1 Å². The molecule has 4 nitrogen and oxygen atoms in total. The Morgan fingerprint density at radius 1 is 1.10 bits per heavy atom. The minimum Gasteiger partial charge on any atom is -0.385 e. The van der Waals surface area contributed by atoms with E-state index in [0.29, 0.717) is 19.8 Å². The number of methoxy groups -OCH3 is 2. The summed E-state index contributed by atoms with van der Waals surface area (Å²) in [6.07, 6.45) is 0.928. The Morgan fingerprint density at radius 2 is 1.75 bits per heavy atom. The zero-order chi connectivity index (χ0) is 14.8. The molecule has 0 radical (unpaired) electrons. The zero-order valence-electron chi connectivity index (χ0n) is 12.3. The van der Waals surface area contributed by atoms with Crippen LogP contribution in [0.3, 0.4) is 0 Å². The van der Waals surface area contributed by atoms with Gasteiger partial charge < -0.3 is 15.2 Å². The summed E-state index contributed by atoms with van der Waals surface area (Å²) in [4.78, 5) is 2.26. The Labute approximate surface area is 120 Å². The van der Waals surface area contributed by atoms with E-state index >= 15 is 0 Å². The van der Waals surface area contributed by atoms with Crippen molar-refractivity contribution in [1.82, 2.24) is 4.90 Å². The molecule has 0 aliphatic rings. The third-order valence-electron chi connectivity index (χ3n) is 3.30. The summed E-state index contributed by atoms with van der Waals surface area (Å²) in [6, 6.07) is 6.61. The number of halogens is 1. The molecular weight excluding hydrogens is 259 g/mol. The van der Waals surface area contributed by atoms with Gasteiger partial charge in [0.05, 0.1) is 6.61 Å². The maximum atomic E-state index is 13.0. The van der Waals surface area contributed by atoms with Crippen LogP contribution in [0.5, 0.6) is 0 Å². The highest BCUT2D eigenvalue weighted by atomic mass is 19.1. The first kappa shape index (κ1) is 17.0. The smallest absolute Gasteiger partial charge is 0.123 e. The van der Waals surface area contributed by atoms with E-state index in [4.69, 9.17) is 15.2 Å². The number of benzene rings is 1. The molecule has 0 aromatic heterocycles. The predicted molar refractivity (Wildman–Crippen MR) is 78.1 cm³/mol. The first-order valence-corrected chi connectivity index (χ1v) is 6.90. The Bertz CT molecular complexity index is 359. The molecule has 0 fully saturated rings. The van der Waals surface area contributed by atoms with Crippen molar-refractivity contribution in [3.8, 4) is 0 Å². The lowest BCUT2D eigenvalue weighted by molar-refractivity contribution is 0.108. The van der Waals surface area contributed by atoms with Crippen LogP contribution in [-0.2, 0) is 9.47 Å². The van der Waals surface area contributed by atoms with Crippen LogP contribution in [0.4, 0.5) is 4.39 Å². The molecule has 2 N–H and O–H groups in total. The van der Waals surface area contributed by atoms with Crippen LogP contribution in [0.1, 0.15) is 18.0 Å². The number of ether oxygens (including phenoxy) is 2. The van der Waals surface area contributed by atoms with Gasteiger partial charge in [0.25, 0.3) is 0 Å². The highest BCUT2D eigenvalue weighted by Gasteiger charge is 2.18. The van der Waals surface area contributed by atoms with Crippen LogP contribution >= 0.6 is 0 Å². The van der Waals surface area contributed by atoms with Crippen LogP contribution in [0.2, 0.25) is 0 Å². The number of hydrogen-bond acceptors (Lipinski definition) is 4. The van der Waals surface area contributed by atoms with Crippen molar-refractivity contribution in [2.24, 2.45) is 5.73 Å². The molecule has 1 aromatic carbocycles. The molecule has 0 spiro atoms. The number of nitrogens with zero attached hydrogens (tertiary/aromatic N) is 1. The van der Waals surface area contributed by atoms with E-state index in [1.807, 2.05) is 0 Å². The molecule has 1 rings (SSSR count). The van der Waals surface area contributed by atoms with Crippen molar-refractivity contribution in [1.29, 1.82) is 0 Å². The van der Waals surface area contributed by atoms with Crippen LogP contribution in [-0.4, -0.2) is 52.0 Å². The topological polar surface area (TPSA) is 47.7 Å². The Kier molecular flexibility index (Phi) is 8.37. The molecule has 0 saturated heterocycles. The summed E-state index contributed by atoms with van der Waals surface area (Å²) in [5, 5.41) is 0. The average Bonchev–Trinajstić information content (AvgIpc) is 2.47. The largest absolute Gasteiger partial charge is 0.385 e. The molecule has 0 bridgehead atoms. The fourth-order valence-electron chi connectivity index (χ4n) is 2.22. The molecule has 0 aliphatic heterocycles. The number of rotatable bonds is 10. The molecule has 20 heavy (non-hydrogen) atoms. The molecule has 1 unspecified atom stereocenters. The molecule has 1 aromatic rings. The lowest BCUT2D eigenvalue weighted by Gasteiger charge is -2.31. The summed E-state index contributed by atoms with van der Waals surface area (Å²) in [6.45, 7) is 3.51. The van der Waals surface area contributed by atoms with Gasteiger partial charge in [0.15, 0.2) is 0 Å². The van der Waals surface area contributed by atoms with E-state index in [0.717, 1.165) is 25.1 Å². The Morgan fingerprint density at radius 3 is 2.30 bits per heavy atom. The molecular formula is C15H25FN2O2. The molecule has 5 heteroatoms. The summed E-state index contributed by atoms with van der Waals surface area (Å²) < 4.78 is 23.3. The second kappa shape index (κ2) is 9.83. The summed E-state index contributed by atoms with van der Waals surface area (Å²) >= 11 is 0. The molecule has 114 valence electrons. The second-order valence-corrected chi connectivity index (χ2v) is 4.68. The number of nitrogens with two attached hydrogens (primary N) is 1. The minimum absolute atomic E-state index is 0.0719. The van der Waals surface area contributed by atoms with Gasteiger partial charge >= 0.3 is 0 Å². The van der Waals surface area contributed by atoms with Crippen molar-refractivity contribution < 1.29 is 13.9 Å². The third kappa shape index (κ3) is 5.54. The maximum Gasteiger partial charge on any atom is 0.123 e. The Hall–Kier alpha value is -1.01. The summed E-state index contributed by atoms with van der Waals surface area (Å²) in [7, 11) is 3.38. The van der Waals surface area contributed by atoms with Crippen molar-refractivity contribution in [2.45, 2.75) is 12.5 Å². The van der Waals surface area contributed by atoms with Crippen LogP contribution in [0.25, 0.3) is 0 Å². The first-order chi connectivity index (χ1) is 9.72. The molecule has 1 atom stereocenters. The van der Waals surface area contributed by atoms with Gasteiger partial charge in [-0.3, -0.25) is 4.90 Å². The van der Waals surface area contributed by atoms with E-state index < -0.39 is 0 Å². The van der Waals surface area contributed by atoms with Gasteiger partial charge in [-0.1, -0.05) is 12.1 Å². The fourth-order valence-corrected chi connectivity index (χ4v) is 2.22. The fraction of sp³-hybridized carbons (Fsp3) is 0.600. The van der Waals surface area contributed by atoms with Crippen LogP contribution in [0, 0.1) is 5.82 Å². The van der Waals surface area contributed by atoms with E-state index in [-0.39, 0.29) is 11.9 Å². The maximum absolute atomic E-state index is 13.0. The lowest BCUT2D eigenvalue weighted by atomic mass is 10.0. The predicted octanol–water partition coefficient (Wildman–Crippen LogP) is 1.81. The van der Waals surface area contributed by atoms with Crippen molar-refractivity contribution in [3.05, 3.63) is 35.6 Å². The standard InChI is InChI=1S/C15H25FN2O2/c1-19-10-3-8-18(9-11-20-2)15(12-17)13-4-6-14(16)7-5-13/h4-7,15H,3,8-12,17H2,1-2H3. The quantitative estimate of drug-likeness (QED) is 0.666. The van der Waals surface area contributed by atoms with E-state index in [2.05, 4.69) is 4.90 Å². The SMILES string of the molecule is COCCCN(CCOC)C(CN)c1ccc(F)cc1. The van der Waals surface area contributed by atoms with Crippen molar-refractivity contribution >= 4 is 0 Å². The first-order valence-electron chi connectivity index (χ1n) is 6.90. The van der Waals surface area contributed by atoms with Crippen LogP contribution < -0.4 is 5.73 Å². The van der Waals surface area contributed by atoms with Crippen molar-refractivity contribution in [2.75, 3.05) is 47.1 Å². The normalized spacial score (nSPS) is 12.8. The number of hydrogen-bond donors (Lipinski definition) is 1. The van der Waals surface area contributed by atoms with Gasteiger partial charge in [0, 0.05) is 46.5 Å². The third-order valence-corrected chi connectivity index (χ3v) is 3.30. The lowest BCUT2D eigenvalue weighted by Crippen LogP contribution is -2.37. The van der Waals surface area contributed by atoms with Gasteiger partial charge in [-0.25, -0.2) is 4.39 Å². The van der Waals surface area contributed by atoms with E-state index in [1.54, 1.807) is 26.4 Å². The molecule has 0 amide bonds. The Balaban J connectivity index is 2.74. The minimum atomic E-state index is -0.229. The molecule has 0 aliphatic carbocycles. The highest BCUT2D eigenvalue weighted by Crippen LogP contribution is 2.20. The summed E-state index contributed by atoms with van der Waals surface area (Å²) in [5.41, 5.74) is 6.94. The van der Waals surface area contributed by atoms with E-state index in [9.17, 15) is 4.39 Å². The van der Waals surface area contributed by atoms with Gasteiger partial charge in [-0.05, 0) is 24.1 Å².